The van der Waals surface area contributed by atoms with Crippen LogP contribution in [0, 0.1) is 22.7 Å². The molecule has 0 aromatic heterocycles. The van der Waals surface area contributed by atoms with E-state index < -0.39 is 18.9 Å². The van der Waals surface area contributed by atoms with E-state index in [4.69, 9.17) is 4.74 Å². The van der Waals surface area contributed by atoms with Crippen LogP contribution in [0.15, 0.2) is 76.5 Å². The normalized spacial score (nSPS) is 12.6. The average molecular weight is 617 g/mol. The fourth-order valence-electron chi connectivity index (χ4n) is 5.11. The zero-order chi connectivity index (χ0) is 32.1. The molecule has 0 radical (unpaired) electrons. The lowest BCUT2D eigenvalue weighted by Crippen LogP contribution is -2.16. The number of aliphatic hydroxyl groups is 1. The first-order valence-corrected chi connectivity index (χ1v) is 15.4. The molecule has 0 aliphatic carbocycles. The Hall–Kier alpha value is -3.82. The van der Waals surface area contributed by atoms with Crippen molar-refractivity contribution in [2.24, 2.45) is 0 Å². The van der Waals surface area contributed by atoms with Gasteiger partial charge in [0.1, 0.15) is 12.1 Å². The van der Waals surface area contributed by atoms with Crippen LogP contribution >= 0.6 is 11.8 Å². The van der Waals surface area contributed by atoms with Crippen LogP contribution in [-0.4, -0.2) is 17.9 Å². The number of aliphatic hydroxyl groups excluding tert-OH is 1. The number of nitriles is 2. The number of ether oxygens (including phenoxy) is 1. The van der Waals surface area contributed by atoms with Gasteiger partial charge in [-0.3, -0.25) is 0 Å². The molecule has 0 saturated carbocycles. The summed E-state index contributed by atoms with van der Waals surface area (Å²) in [6.45, 7) is 8.72. The molecule has 0 aliphatic rings. The lowest BCUT2D eigenvalue weighted by molar-refractivity contribution is -0.127. The second-order valence-electron chi connectivity index (χ2n) is 11.4. The molecule has 0 saturated heterocycles. The molecule has 44 heavy (non-hydrogen) atoms. The summed E-state index contributed by atoms with van der Waals surface area (Å²) in [5.41, 5.74) is 1.97. The Bertz CT molecular complexity index is 1730. The quantitative estimate of drug-likeness (QED) is 0.134. The van der Waals surface area contributed by atoms with Gasteiger partial charge in [0, 0.05) is 26.3 Å². The van der Waals surface area contributed by atoms with Crippen molar-refractivity contribution < 1.29 is 23.0 Å². The first-order chi connectivity index (χ1) is 20.9. The molecule has 1 unspecified atom stereocenters. The zero-order valence-electron chi connectivity index (χ0n) is 25.3. The fraction of sp³-hybridized carbons (Fsp3) is 0.333. The van der Waals surface area contributed by atoms with Crippen molar-refractivity contribution in [3.05, 3.63) is 94.5 Å². The third-order valence-corrected chi connectivity index (χ3v) is 9.09. The smallest absolute Gasteiger partial charge is 0.364 e. The van der Waals surface area contributed by atoms with E-state index in [0.717, 1.165) is 24.8 Å². The molecule has 4 aromatic rings. The van der Waals surface area contributed by atoms with Gasteiger partial charge in [-0.25, -0.2) is 0 Å². The first-order valence-electron chi connectivity index (χ1n) is 14.6. The Morgan fingerprint density at radius 2 is 1.64 bits per heavy atom. The number of rotatable bonds is 11. The molecule has 8 heteroatoms. The van der Waals surface area contributed by atoms with E-state index >= 15 is 0 Å². The van der Waals surface area contributed by atoms with Crippen molar-refractivity contribution in [2.75, 3.05) is 6.61 Å². The highest BCUT2D eigenvalue weighted by Crippen LogP contribution is 2.46. The third kappa shape index (κ3) is 7.27. The minimum Gasteiger partial charge on any atom is -0.364 e. The molecule has 1 atom stereocenters. The summed E-state index contributed by atoms with van der Waals surface area (Å²) in [5, 5.41) is 32.6. The Labute approximate surface area is 261 Å². The van der Waals surface area contributed by atoms with Gasteiger partial charge < -0.3 is 9.84 Å². The molecule has 1 N–H and O–H groups in total. The summed E-state index contributed by atoms with van der Waals surface area (Å²) in [4.78, 5) is 1.41. The van der Waals surface area contributed by atoms with Gasteiger partial charge in [-0.05, 0) is 58.5 Å². The van der Waals surface area contributed by atoms with Crippen molar-refractivity contribution in [3.63, 3.8) is 0 Å². The van der Waals surface area contributed by atoms with Gasteiger partial charge in [0.2, 0.25) is 0 Å². The van der Waals surface area contributed by atoms with Gasteiger partial charge in [-0.1, -0.05) is 94.4 Å². The summed E-state index contributed by atoms with van der Waals surface area (Å²) in [6.07, 6.45) is -4.30. The van der Waals surface area contributed by atoms with E-state index in [9.17, 15) is 28.8 Å². The molecule has 4 nitrogen and oxygen atoms in total. The molecule has 0 heterocycles. The number of hydrogen-bond acceptors (Lipinski definition) is 5. The minimum absolute atomic E-state index is 0.0157. The van der Waals surface area contributed by atoms with Crippen molar-refractivity contribution in [3.8, 4) is 23.3 Å². The Morgan fingerprint density at radius 1 is 0.932 bits per heavy atom. The minimum atomic E-state index is -4.48. The highest BCUT2D eigenvalue weighted by Gasteiger charge is 2.31. The topological polar surface area (TPSA) is 77.0 Å². The van der Waals surface area contributed by atoms with Crippen LogP contribution in [0.3, 0.4) is 0 Å². The summed E-state index contributed by atoms with van der Waals surface area (Å²) < 4.78 is 46.9. The van der Waals surface area contributed by atoms with Crippen LogP contribution in [0.1, 0.15) is 81.1 Å². The molecule has 0 spiro atoms. The predicted octanol–water partition coefficient (Wildman–Crippen LogP) is 10.0. The number of hydrogen-bond donors (Lipinski definition) is 1. The molecule has 0 fully saturated rings. The Kier molecular flexibility index (Phi) is 10.4. The molecule has 0 bridgehead atoms. The zero-order valence-corrected chi connectivity index (χ0v) is 26.1. The van der Waals surface area contributed by atoms with Crippen LogP contribution < -0.4 is 0 Å². The van der Waals surface area contributed by atoms with E-state index in [1.165, 1.54) is 17.8 Å². The van der Waals surface area contributed by atoms with Crippen LogP contribution in [0.4, 0.5) is 13.2 Å². The van der Waals surface area contributed by atoms with Crippen molar-refractivity contribution in [1.82, 2.24) is 0 Å². The second kappa shape index (κ2) is 13.9. The van der Waals surface area contributed by atoms with Crippen molar-refractivity contribution in [2.45, 2.75) is 81.1 Å². The number of fused-ring (bicyclic) bond motifs is 1. The molecule has 0 aliphatic heterocycles. The van der Waals surface area contributed by atoms with Gasteiger partial charge >= 0.3 is 6.18 Å². The summed E-state index contributed by atoms with van der Waals surface area (Å²) in [6, 6.07) is 23.3. The Balaban J connectivity index is 2.08. The van der Waals surface area contributed by atoms with Gasteiger partial charge in [0.25, 0.3) is 0 Å². The van der Waals surface area contributed by atoms with Crippen LogP contribution in [0.5, 0.6) is 0 Å². The summed E-state index contributed by atoms with van der Waals surface area (Å²) in [7, 11) is 0. The van der Waals surface area contributed by atoms with Gasteiger partial charge in [-0.15, -0.1) is 0 Å². The maximum Gasteiger partial charge on any atom is 0.393 e. The predicted molar refractivity (Wildman–Crippen MR) is 168 cm³/mol. The van der Waals surface area contributed by atoms with Crippen molar-refractivity contribution in [1.29, 1.82) is 10.5 Å². The maximum absolute atomic E-state index is 13.7. The lowest BCUT2D eigenvalue weighted by Gasteiger charge is -2.26. The first kappa shape index (κ1) is 33.1. The van der Waals surface area contributed by atoms with E-state index in [2.05, 4.69) is 32.9 Å². The number of alkyl halides is 3. The third-order valence-electron chi connectivity index (χ3n) is 7.96. The van der Waals surface area contributed by atoms with Crippen LogP contribution in [-0.2, 0) is 16.6 Å². The highest BCUT2D eigenvalue weighted by molar-refractivity contribution is 7.99. The van der Waals surface area contributed by atoms with Crippen LogP contribution in [0.25, 0.3) is 21.9 Å². The molecule has 228 valence electrons. The van der Waals surface area contributed by atoms with E-state index in [0.29, 0.717) is 38.3 Å². The lowest BCUT2D eigenvalue weighted by atomic mass is 9.80. The Morgan fingerprint density at radius 3 is 2.30 bits per heavy atom. The summed E-state index contributed by atoms with van der Waals surface area (Å²) in [5.74, 6) is 0. The maximum atomic E-state index is 13.7. The standard InChI is InChI=1S/C36H35F3N2O2S/c1-5-7-16-43-34(42)28-14-10-11-15-30(28)44-31-19-26(35(3,4)6-2)18-24-17-25(21-40)29(22-41)33(32(24)31)27-13-9-8-12-23(27)20-36(37,38)39/h8-15,17-19,34,42H,5-7,16,20H2,1-4H3. The number of benzene rings is 4. The summed E-state index contributed by atoms with van der Waals surface area (Å²) >= 11 is 1.36. The number of nitrogens with zero attached hydrogens (tertiary/aromatic N) is 2. The second-order valence-corrected chi connectivity index (χ2v) is 12.5. The fourth-order valence-corrected chi connectivity index (χ4v) is 6.29. The molecule has 4 rings (SSSR count). The highest BCUT2D eigenvalue weighted by atomic mass is 32.2. The number of unbranched alkanes of at least 4 members (excludes halogenated alkanes) is 1. The molecule has 4 aromatic carbocycles. The monoisotopic (exact) mass is 616 g/mol. The van der Waals surface area contributed by atoms with Gasteiger partial charge in [0.15, 0.2) is 6.29 Å². The molecule has 0 amide bonds. The largest absolute Gasteiger partial charge is 0.393 e. The van der Waals surface area contributed by atoms with E-state index in [1.807, 2.05) is 37.3 Å². The van der Waals surface area contributed by atoms with Crippen LogP contribution in [0.2, 0.25) is 0 Å². The number of halogens is 3. The van der Waals surface area contributed by atoms with Gasteiger partial charge in [-0.2, -0.15) is 23.7 Å². The molecular weight excluding hydrogens is 581 g/mol. The van der Waals surface area contributed by atoms with Crippen molar-refractivity contribution >= 4 is 22.5 Å². The SMILES string of the molecule is CCCCOC(O)c1ccccc1Sc1cc(C(C)(C)CC)cc2cc(C#N)c(C#N)c(-c3ccccc3CC(F)(F)F)c12. The van der Waals surface area contributed by atoms with E-state index in [1.54, 1.807) is 30.3 Å². The van der Waals surface area contributed by atoms with E-state index in [-0.39, 0.29) is 27.7 Å². The molecular formula is C36H35F3N2O2S. The van der Waals surface area contributed by atoms with Gasteiger partial charge in [0.05, 0.1) is 24.2 Å². The average Bonchev–Trinajstić information content (AvgIpc) is 2.99.